The molecular formula is C13H25N3O3. The minimum absolute atomic E-state index is 0.0314. The van der Waals surface area contributed by atoms with Gasteiger partial charge >= 0.3 is 6.09 Å². The standard InChI is InChI=1S/C13H25N3O3/c1-18-7-4-14-8-11-2-5-16(6-3-11)10-12-9-15-13(17)19-12/h11-12,14H,2-10H2,1H3,(H,15,17). The van der Waals surface area contributed by atoms with Crippen molar-refractivity contribution in [2.75, 3.05) is 53.0 Å². The van der Waals surface area contributed by atoms with E-state index in [2.05, 4.69) is 15.5 Å². The highest BCUT2D eigenvalue weighted by Gasteiger charge is 2.27. The Kier molecular flexibility index (Phi) is 5.88. The van der Waals surface area contributed by atoms with Gasteiger partial charge in [-0.25, -0.2) is 4.79 Å². The molecule has 0 aromatic heterocycles. The summed E-state index contributed by atoms with van der Waals surface area (Å²) in [5.41, 5.74) is 0. The summed E-state index contributed by atoms with van der Waals surface area (Å²) >= 11 is 0. The normalized spacial score (nSPS) is 25.3. The minimum atomic E-state index is -0.276. The smallest absolute Gasteiger partial charge is 0.407 e. The molecule has 6 heteroatoms. The van der Waals surface area contributed by atoms with Gasteiger partial charge in [-0.3, -0.25) is 4.90 Å². The molecule has 2 rings (SSSR count). The fourth-order valence-electron chi connectivity index (χ4n) is 2.68. The molecule has 0 aromatic rings. The third-order valence-corrected chi connectivity index (χ3v) is 3.83. The zero-order valence-electron chi connectivity index (χ0n) is 11.7. The second kappa shape index (κ2) is 7.67. The van der Waals surface area contributed by atoms with Crippen LogP contribution < -0.4 is 10.6 Å². The number of ether oxygens (including phenoxy) is 2. The van der Waals surface area contributed by atoms with Crippen molar-refractivity contribution in [3.8, 4) is 0 Å². The SMILES string of the molecule is COCCNCC1CCN(CC2CNC(=O)O2)CC1. The lowest BCUT2D eigenvalue weighted by Crippen LogP contribution is -2.42. The molecule has 110 valence electrons. The largest absolute Gasteiger partial charge is 0.443 e. The molecule has 0 aliphatic carbocycles. The number of rotatable bonds is 7. The van der Waals surface area contributed by atoms with Gasteiger partial charge in [0.25, 0.3) is 0 Å². The van der Waals surface area contributed by atoms with Gasteiger partial charge in [0.05, 0.1) is 13.2 Å². The van der Waals surface area contributed by atoms with Crippen LogP contribution in [0.15, 0.2) is 0 Å². The van der Waals surface area contributed by atoms with E-state index < -0.39 is 0 Å². The van der Waals surface area contributed by atoms with Crippen LogP contribution in [-0.4, -0.2) is 70.1 Å². The first-order valence-electron chi connectivity index (χ1n) is 7.14. The van der Waals surface area contributed by atoms with Gasteiger partial charge in [-0.1, -0.05) is 0 Å². The molecule has 0 saturated carbocycles. The molecule has 2 saturated heterocycles. The zero-order chi connectivity index (χ0) is 13.5. The van der Waals surface area contributed by atoms with Crippen molar-refractivity contribution in [1.29, 1.82) is 0 Å². The monoisotopic (exact) mass is 271 g/mol. The fraction of sp³-hybridized carbons (Fsp3) is 0.923. The number of nitrogens with zero attached hydrogens (tertiary/aromatic N) is 1. The Morgan fingerprint density at radius 1 is 1.47 bits per heavy atom. The van der Waals surface area contributed by atoms with Crippen molar-refractivity contribution in [3.63, 3.8) is 0 Å². The van der Waals surface area contributed by atoms with Crippen LogP contribution in [0.5, 0.6) is 0 Å². The Bertz CT molecular complexity index is 280. The van der Waals surface area contributed by atoms with E-state index in [0.717, 1.165) is 45.2 Å². The highest BCUT2D eigenvalue weighted by Crippen LogP contribution is 2.17. The van der Waals surface area contributed by atoms with E-state index >= 15 is 0 Å². The Morgan fingerprint density at radius 2 is 2.26 bits per heavy atom. The molecule has 2 aliphatic heterocycles. The number of alkyl carbamates (subject to hydrolysis) is 1. The number of likely N-dealkylation sites (tertiary alicyclic amines) is 1. The van der Waals surface area contributed by atoms with Crippen molar-refractivity contribution in [3.05, 3.63) is 0 Å². The van der Waals surface area contributed by atoms with E-state index in [1.54, 1.807) is 7.11 Å². The number of carbonyl (C=O) groups excluding carboxylic acids is 1. The second-order valence-electron chi connectivity index (χ2n) is 5.35. The summed E-state index contributed by atoms with van der Waals surface area (Å²) in [7, 11) is 1.73. The average molecular weight is 271 g/mol. The maximum atomic E-state index is 10.9. The Labute approximate surface area is 114 Å². The maximum Gasteiger partial charge on any atom is 0.407 e. The molecule has 2 heterocycles. The second-order valence-corrected chi connectivity index (χ2v) is 5.35. The topological polar surface area (TPSA) is 62.8 Å². The molecule has 0 bridgehead atoms. The summed E-state index contributed by atoms with van der Waals surface area (Å²) in [4.78, 5) is 13.3. The molecule has 0 radical (unpaired) electrons. The summed E-state index contributed by atoms with van der Waals surface area (Å²) in [6.45, 7) is 6.51. The third-order valence-electron chi connectivity index (χ3n) is 3.83. The van der Waals surface area contributed by atoms with E-state index in [9.17, 15) is 4.79 Å². The zero-order valence-corrected chi connectivity index (χ0v) is 11.7. The fourth-order valence-corrected chi connectivity index (χ4v) is 2.68. The van der Waals surface area contributed by atoms with Crippen molar-refractivity contribution in [2.45, 2.75) is 18.9 Å². The van der Waals surface area contributed by atoms with E-state index in [0.29, 0.717) is 6.54 Å². The van der Waals surface area contributed by atoms with Crippen LogP contribution >= 0.6 is 0 Å². The lowest BCUT2D eigenvalue weighted by Gasteiger charge is -2.32. The third kappa shape index (κ3) is 4.97. The molecule has 2 fully saturated rings. The molecule has 19 heavy (non-hydrogen) atoms. The molecule has 1 unspecified atom stereocenters. The Morgan fingerprint density at radius 3 is 2.89 bits per heavy atom. The van der Waals surface area contributed by atoms with Crippen molar-refractivity contribution < 1.29 is 14.3 Å². The first-order chi connectivity index (χ1) is 9.28. The molecule has 2 aliphatic rings. The first-order valence-corrected chi connectivity index (χ1v) is 7.14. The number of carbonyl (C=O) groups is 1. The molecule has 0 spiro atoms. The quantitative estimate of drug-likeness (QED) is 0.640. The van der Waals surface area contributed by atoms with Crippen molar-refractivity contribution >= 4 is 6.09 Å². The average Bonchev–Trinajstić information content (AvgIpc) is 2.82. The van der Waals surface area contributed by atoms with Gasteiger partial charge in [-0.05, 0) is 38.4 Å². The van der Waals surface area contributed by atoms with Crippen molar-refractivity contribution in [2.24, 2.45) is 5.92 Å². The molecule has 1 atom stereocenters. The summed E-state index contributed by atoms with van der Waals surface area (Å²) < 4.78 is 10.2. The molecule has 0 aromatic carbocycles. The maximum absolute atomic E-state index is 10.9. The van der Waals surface area contributed by atoms with E-state index in [1.165, 1.54) is 12.8 Å². The molecular weight excluding hydrogens is 246 g/mol. The predicted molar refractivity (Wildman–Crippen MR) is 72.2 cm³/mol. The van der Waals surface area contributed by atoms with Crippen LogP contribution in [-0.2, 0) is 9.47 Å². The van der Waals surface area contributed by atoms with Crippen LogP contribution in [0.4, 0.5) is 4.79 Å². The van der Waals surface area contributed by atoms with E-state index in [1.807, 2.05) is 0 Å². The van der Waals surface area contributed by atoms with Crippen LogP contribution in [0.2, 0.25) is 0 Å². The van der Waals surface area contributed by atoms with Gasteiger partial charge in [0, 0.05) is 20.2 Å². The number of cyclic esters (lactones) is 1. The van der Waals surface area contributed by atoms with E-state index in [4.69, 9.17) is 9.47 Å². The molecule has 1 amide bonds. The lowest BCUT2D eigenvalue weighted by atomic mass is 9.96. The number of methoxy groups -OCH3 is 1. The Balaban J connectivity index is 1.56. The van der Waals surface area contributed by atoms with Gasteiger partial charge in [0.2, 0.25) is 0 Å². The highest BCUT2D eigenvalue weighted by molar-refractivity contribution is 5.69. The van der Waals surface area contributed by atoms with Crippen LogP contribution in [0.3, 0.4) is 0 Å². The lowest BCUT2D eigenvalue weighted by molar-refractivity contribution is 0.0908. The van der Waals surface area contributed by atoms with E-state index in [-0.39, 0.29) is 12.2 Å². The predicted octanol–water partition coefficient (Wildman–Crippen LogP) is 0.0428. The number of nitrogens with one attached hydrogen (secondary N) is 2. The summed E-state index contributed by atoms with van der Waals surface area (Å²) in [5.74, 6) is 0.761. The van der Waals surface area contributed by atoms with Gasteiger partial charge in [0.15, 0.2) is 0 Å². The van der Waals surface area contributed by atoms with Crippen LogP contribution in [0.25, 0.3) is 0 Å². The molecule has 6 nitrogen and oxygen atoms in total. The summed E-state index contributed by atoms with van der Waals surface area (Å²) in [6, 6.07) is 0. The van der Waals surface area contributed by atoms with Crippen molar-refractivity contribution in [1.82, 2.24) is 15.5 Å². The highest BCUT2D eigenvalue weighted by atomic mass is 16.6. The number of hydrogen-bond acceptors (Lipinski definition) is 5. The van der Waals surface area contributed by atoms with Gasteiger partial charge in [-0.2, -0.15) is 0 Å². The summed E-state index contributed by atoms with van der Waals surface area (Å²) in [6.07, 6.45) is 2.19. The number of amides is 1. The van der Waals surface area contributed by atoms with Gasteiger partial charge in [0.1, 0.15) is 6.10 Å². The van der Waals surface area contributed by atoms with Gasteiger partial charge < -0.3 is 20.1 Å². The number of hydrogen-bond donors (Lipinski definition) is 2. The first kappa shape index (κ1) is 14.6. The van der Waals surface area contributed by atoms with Crippen LogP contribution in [0, 0.1) is 5.92 Å². The Hall–Kier alpha value is -0.850. The van der Waals surface area contributed by atoms with Gasteiger partial charge in [-0.15, -0.1) is 0 Å². The van der Waals surface area contributed by atoms with Crippen LogP contribution in [0.1, 0.15) is 12.8 Å². The molecule has 2 N–H and O–H groups in total. The summed E-state index contributed by atoms with van der Waals surface area (Å²) in [5, 5.41) is 6.13. The minimum Gasteiger partial charge on any atom is -0.443 e. The number of piperidine rings is 1.